The van der Waals surface area contributed by atoms with Crippen LogP contribution in [-0.2, 0) is 11.2 Å². The Morgan fingerprint density at radius 2 is 1.72 bits per heavy atom. The normalized spacial score (nSPS) is 10.7. The maximum Gasteiger partial charge on any atom is 0.311 e. The van der Waals surface area contributed by atoms with Crippen LogP contribution in [0, 0.1) is 0 Å². The number of methoxy groups -OCH3 is 2. The number of carbonyl (C=O) groups is 1. The lowest BCUT2D eigenvalue weighted by Crippen LogP contribution is -2.10. The number of pyridine rings is 1. The summed E-state index contributed by atoms with van der Waals surface area (Å²) in [5, 5.41) is 0. The largest absolute Gasteiger partial charge is 0.493 e. The lowest BCUT2D eigenvalue weighted by Gasteiger charge is -2.12. The number of ether oxygens (including phenoxy) is 4. The van der Waals surface area contributed by atoms with Crippen molar-refractivity contribution in [1.29, 1.82) is 0 Å². The van der Waals surface area contributed by atoms with E-state index in [1.165, 1.54) is 0 Å². The van der Waals surface area contributed by atoms with E-state index in [1.54, 1.807) is 26.5 Å². The van der Waals surface area contributed by atoms with Gasteiger partial charge in [-0.15, -0.1) is 0 Å². The minimum Gasteiger partial charge on any atom is -0.493 e. The second-order valence-corrected chi connectivity index (χ2v) is 6.89. The fourth-order valence-corrected chi connectivity index (χ4v) is 3.09. The van der Waals surface area contributed by atoms with E-state index in [-0.39, 0.29) is 12.4 Å². The Morgan fingerprint density at radius 3 is 2.44 bits per heavy atom. The third-order valence-corrected chi connectivity index (χ3v) is 4.69. The Hall–Kier alpha value is -3.80. The van der Waals surface area contributed by atoms with Gasteiger partial charge in [-0.1, -0.05) is 24.3 Å². The first kappa shape index (κ1) is 22.9. The van der Waals surface area contributed by atoms with Crippen molar-refractivity contribution in [3.8, 4) is 23.0 Å². The van der Waals surface area contributed by atoms with Crippen LogP contribution in [0.4, 0.5) is 0 Å². The predicted octanol–water partition coefficient (Wildman–Crippen LogP) is 5.21. The van der Waals surface area contributed by atoms with Crippen molar-refractivity contribution < 1.29 is 23.7 Å². The molecule has 0 aliphatic rings. The van der Waals surface area contributed by atoms with Crippen LogP contribution >= 0.6 is 0 Å². The maximum atomic E-state index is 12.5. The molecular weight excluding hydrogens is 406 g/mol. The molecule has 0 saturated carbocycles. The fourth-order valence-electron chi connectivity index (χ4n) is 3.09. The monoisotopic (exact) mass is 433 g/mol. The molecule has 0 unspecified atom stereocenters. The summed E-state index contributed by atoms with van der Waals surface area (Å²) in [4.78, 5) is 16.7. The standard InChI is InChI=1S/C26H27NO5/c1-4-31-25-18-19(8-12-21-7-5-6-16-27-21)10-14-23(25)32-26(28)15-11-20-9-13-22(29-2)24(17-20)30-3/h5-10,12-14,16-18H,4,11,15H2,1-3H3/b12-8+. The molecule has 0 fully saturated rings. The van der Waals surface area contributed by atoms with E-state index in [9.17, 15) is 4.79 Å². The molecule has 0 spiro atoms. The molecule has 6 nitrogen and oxygen atoms in total. The van der Waals surface area contributed by atoms with Crippen molar-refractivity contribution in [2.24, 2.45) is 0 Å². The zero-order valence-corrected chi connectivity index (χ0v) is 18.5. The molecular formula is C26H27NO5. The second kappa shape index (κ2) is 11.6. The van der Waals surface area contributed by atoms with E-state index in [1.807, 2.05) is 67.6 Å². The van der Waals surface area contributed by atoms with E-state index >= 15 is 0 Å². The van der Waals surface area contributed by atoms with Gasteiger partial charge in [0.15, 0.2) is 23.0 Å². The lowest BCUT2D eigenvalue weighted by atomic mass is 10.1. The maximum absolute atomic E-state index is 12.5. The molecule has 0 radical (unpaired) electrons. The van der Waals surface area contributed by atoms with Crippen LogP contribution in [0.5, 0.6) is 23.0 Å². The van der Waals surface area contributed by atoms with Crippen LogP contribution in [0.3, 0.4) is 0 Å². The number of hydrogen-bond acceptors (Lipinski definition) is 6. The highest BCUT2D eigenvalue weighted by molar-refractivity contribution is 5.75. The minimum atomic E-state index is -0.336. The van der Waals surface area contributed by atoms with Gasteiger partial charge in [-0.2, -0.15) is 0 Å². The first-order chi connectivity index (χ1) is 15.6. The van der Waals surface area contributed by atoms with E-state index < -0.39 is 0 Å². The smallest absolute Gasteiger partial charge is 0.311 e. The molecule has 3 aromatic rings. The Kier molecular flexibility index (Phi) is 8.26. The van der Waals surface area contributed by atoms with Gasteiger partial charge < -0.3 is 18.9 Å². The van der Waals surface area contributed by atoms with Gasteiger partial charge in [0, 0.05) is 12.6 Å². The molecule has 2 aromatic carbocycles. The fraction of sp³-hybridized carbons (Fsp3) is 0.231. The highest BCUT2D eigenvalue weighted by Crippen LogP contribution is 2.30. The van der Waals surface area contributed by atoms with Gasteiger partial charge in [0.2, 0.25) is 0 Å². The average molecular weight is 434 g/mol. The van der Waals surface area contributed by atoms with Crippen molar-refractivity contribution in [2.45, 2.75) is 19.8 Å². The van der Waals surface area contributed by atoms with Crippen molar-refractivity contribution >= 4 is 18.1 Å². The number of rotatable bonds is 10. The Bertz CT molecular complexity index is 1060. The van der Waals surface area contributed by atoms with Gasteiger partial charge in [-0.3, -0.25) is 9.78 Å². The molecule has 3 rings (SSSR count). The van der Waals surface area contributed by atoms with Gasteiger partial charge in [0.25, 0.3) is 0 Å². The van der Waals surface area contributed by atoms with Gasteiger partial charge in [-0.05, 0) is 66.9 Å². The molecule has 0 amide bonds. The number of esters is 1. The quantitative estimate of drug-likeness (QED) is 0.323. The first-order valence-electron chi connectivity index (χ1n) is 10.4. The van der Waals surface area contributed by atoms with Crippen molar-refractivity contribution in [3.05, 3.63) is 77.6 Å². The van der Waals surface area contributed by atoms with Gasteiger partial charge in [0.05, 0.1) is 26.5 Å². The van der Waals surface area contributed by atoms with Crippen LogP contribution in [0.2, 0.25) is 0 Å². The Balaban J connectivity index is 1.65. The molecule has 0 bridgehead atoms. The van der Waals surface area contributed by atoms with E-state index in [4.69, 9.17) is 18.9 Å². The van der Waals surface area contributed by atoms with Crippen LogP contribution in [-0.4, -0.2) is 31.8 Å². The zero-order chi connectivity index (χ0) is 22.8. The van der Waals surface area contributed by atoms with Crippen LogP contribution in [0.1, 0.15) is 30.2 Å². The molecule has 166 valence electrons. The number of hydrogen-bond donors (Lipinski definition) is 0. The molecule has 0 atom stereocenters. The molecule has 0 aliphatic carbocycles. The zero-order valence-electron chi connectivity index (χ0n) is 18.5. The molecule has 0 aliphatic heterocycles. The van der Waals surface area contributed by atoms with Crippen molar-refractivity contribution in [1.82, 2.24) is 4.98 Å². The average Bonchev–Trinajstić information content (AvgIpc) is 2.83. The molecule has 32 heavy (non-hydrogen) atoms. The number of nitrogens with zero attached hydrogens (tertiary/aromatic N) is 1. The van der Waals surface area contributed by atoms with Crippen molar-refractivity contribution in [3.63, 3.8) is 0 Å². The number of aryl methyl sites for hydroxylation is 1. The van der Waals surface area contributed by atoms with Crippen LogP contribution in [0.15, 0.2) is 60.8 Å². The number of carbonyl (C=O) groups excluding carboxylic acids is 1. The Labute approximate surface area is 188 Å². The Morgan fingerprint density at radius 1 is 0.906 bits per heavy atom. The highest BCUT2D eigenvalue weighted by atomic mass is 16.6. The van der Waals surface area contributed by atoms with Gasteiger partial charge in [0.1, 0.15) is 0 Å². The summed E-state index contributed by atoms with van der Waals surface area (Å²) in [5.41, 5.74) is 2.74. The van der Waals surface area contributed by atoms with E-state index in [0.717, 1.165) is 16.8 Å². The van der Waals surface area contributed by atoms with Crippen LogP contribution in [0.25, 0.3) is 12.2 Å². The summed E-state index contributed by atoms with van der Waals surface area (Å²) in [6, 6.07) is 16.8. The SMILES string of the molecule is CCOc1cc(/C=C/c2ccccn2)ccc1OC(=O)CCc1ccc(OC)c(OC)c1. The first-order valence-corrected chi connectivity index (χ1v) is 10.4. The summed E-state index contributed by atoms with van der Waals surface area (Å²) < 4.78 is 21.8. The predicted molar refractivity (Wildman–Crippen MR) is 124 cm³/mol. The van der Waals surface area contributed by atoms with Gasteiger partial charge >= 0.3 is 5.97 Å². The van der Waals surface area contributed by atoms with Gasteiger partial charge in [-0.25, -0.2) is 0 Å². The molecule has 6 heteroatoms. The summed E-state index contributed by atoms with van der Waals surface area (Å²) in [6.45, 7) is 2.35. The summed E-state index contributed by atoms with van der Waals surface area (Å²) in [5.74, 6) is 1.87. The summed E-state index contributed by atoms with van der Waals surface area (Å²) >= 11 is 0. The molecule has 0 N–H and O–H groups in total. The third-order valence-electron chi connectivity index (χ3n) is 4.69. The van der Waals surface area contributed by atoms with Crippen LogP contribution < -0.4 is 18.9 Å². The van der Waals surface area contributed by atoms with E-state index in [2.05, 4.69) is 4.98 Å². The third kappa shape index (κ3) is 6.35. The number of aromatic nitrogens is 1. The topological polar surface area (TPSA) is 66.9 Å². The minimum absolute atomic E-state index is 0.225. The number of benzene rings is 2. The summed E-state index contributed by atoms with van der Waals surface area (Å²) in [6.07, 6.45) is 6.35. The van der Waals surface area contributed by atoms with E-state index in [0.29, 0.717) is 36.0 Å². The molecule has 1 aromatic heterocycles. The molecule has 1 heterocycles. The summed E-state index contributed by atoms with van der Waals surface area (Å²) in [7, 11) is 3.17. The second-order valence-electron chi connectivity index (χ2n) is 6.89. The highest BCUT2D eigenvalue weighted by Gasteiger charge is 2.12. The van der Waals surface area contributed by atoms with Crippen molar-refractivity contribution in [2.75, 3.05) is 20.8 Å². The molecule has 0 saturated heterocycles. The lowest BCUT2D eigenvalue weighted by molar-refractivity contribution is -0.134.